The third-order valence-electron chi connectivity index (χ3n) is 2.00. The Balaban J connectivity index is 2.89. The third-order valence-corrected chi connectivity index (χ3v) is 3.07. The van der Waals surface area contributed by atoms with Crippen molar-refractivity contribution in [3.8, 4) is 5.88 Å². The van der Waals surface area contributed by atoms with Crippen LogP contribution < -0.4 is 5.56 Å². The second kappa shape index (κ2) is 5.80. The van der Waals surface area contributed by atoms with Crippen LogP contribution in [0, 0.1) is 0 Å². The first-order valence-electron chi connectivity index (χ1n) is 5.12. The standard InChI is InChI=1S/C10H16N2O2S/c1-3-5-6-15-10-11-8(13)7-9(14)12(10)4-2/h7,13H,3-6H2,1-2H3. The lowest BCUT2D eigenvalue weighted by Gasteiger charge is -2.08. The summed E-state index contributed by atoms with van der Waals surface area (Å²) in [6, 6.07) is 1.15. The van der Waals surface area contributed by atoms with Gasteiger partial charge in [-0.15, -0.1) is 0 Å². The van der Waals surface area contributed by atoms with Crippen molar-refractivity contribution in [3.63, 3.8) is 0 Å². The molecular formula is C10H16N2O2S. The van der Waals surface area contributed by atoms with Crippen LogP contribution >= 0.6 is 11.8 Å². The first-order chi connectivity index (χ1) is 7.19. The zero-order chi connectivity index (χ0) is 11.3. The van der Waals surface area contributed by atoms with E-state index >= 15 is 0 Å². The molecule has 0 atom stereocenters. The van der Waals surface area contributed by atoms with Gasteiger partial charge >= 0.3 is 0 Å². The zero-order valence-electron chi connectivity index (χ0n) is 9.06. The van der Waals surface area contributed by atoms with Gasteiger partial charge in [0, 0.05) is 12.3 Å². The maximum absolute atomic E-state index is 11.5. The van der Waals surface area contributed by atoms with Crippen molar-refractivity contribution < 1.29 is 5.11 Å². The molecule has 0 aliphatic heterocycles. The molecule has 1 heterocycles. The molecule has 1 aromatic rings. The Morgan fingerprint density at radius 3 is 2.87 bits per heavy atom. The second-order valence-corrected chi connectivity index (χ2v) is 4.24. The van der Waals surface area contributed by atoms with E-state index in [4.69, 9.17) is 0 Å². The lowest BCUT2D eigenvalue weighted by atomic mass is 10.4. The number of rotatable bonds is 5. The van der Waals surface area contributed by atoms with Crippen LogP contribution in [0.15, 0.2) is 16.0 Å². The van der Waals surface area contributed by atoms with Gasteiger partial charge in [-0.1, -0.05) is 25.1 Å². The number of hydrogen-bond acceptors (Lipinski definition) is 4. The van der Waals surface area contributed by atoms with Crippen molar-refractivity contribution in [2.75, 3.05) is 5.75 Å². The van der Waals surface area contributed by atoms with E-state index in [0.29, 0.717) is 11.7 Å². The zero-order valence-corrected chi connectivity index (χ0v) is 9.88. The Kier molecular flexibility index (Phi) is 4.68. The molecule has 0 saturated carbocycles. The summed E-state index contributed by atoms with van der Waals surface area (Å²) in [4.78, 5) is 15.4. The second-order valence-electron chi connectivity index (χ2n) is 3.18. The van der Waals surface area contributed by atoms with Crippen molar-refractivity contribution in [2.24, 2.45) is 0 Å². The van der Waals surface area contributed by atoms with Crippen molar-refractivity contribution in [2.45, 2.75) is 38.4 Å². The van der Waals surface area contributed by atoms with E-state index in [2.05, 4.69) is 11.9 Å². The molecule has 0 amide bonds. The molecule has 0 aliphatic carbocycles. The lowest BCUT2D eigenvalue weighted by Crippen LogP contribution is -2.20. The normalized spacial score (nSPS) is 10.5. The van der Waals surface area contributed by atoms with Gasteiger partial charge in [0.05, 0.1) is 6.07 Å². The van der Waals surface area contributed by atoms with Crippen molar-refractivity contribution in [3.05, 3.63) is 16.4 Å². The molecule has 0 saturated heterocycles. The Hall–Kier alpha value is -0.970. The van der Waals surface area contributed by atoms with Crippen LogP contribution in [0.1, 0.15) is 26.7 Å². The largest absolute Gasteiger partial charge is 0.493 e. The van der Waals surface area contributed by atoms with Crippen LogP contribution in [0.5, 0.6) is 5.88 Å². The summed E-state index contributed by atoms with van der Waals surface area (Å²) >= 11 is 1.52. The van der Waals surface area contributed by atoms with Gasteiger partial charge in [0.25, 0.3) is 5.56 Å². The van der Waals surface area contributed by atoms with Gasteiger partial charge in [0.2, 0.25) is 5.88 Å². The highest BCUT2D eigenvalue weighted by Crippen LogP contribution is 2.17. The molecular weight excluding hydrogens is 212 g/mol. The summed E-state index contributed by atoms with van der Waals surface area (Å²) in [6.45, 7) is 4.59. The number of thioether (sulfide) groups is 1. The monoisotopic (exact) mass is 228 g/mol. The van der Waals surface area contributed by atoms with Crippen LogP contribution in [0.3, 0.4) is 0 Å². The molecule has 4 nitrogen and oxygen atoms in total. The molecule has 1 N–H and O–H groups in total. The number of hydrogen-bond donors (Lipinski definition) is 1. The molecule has 0 aromatic carbocycles. The minimum Gasteiger partial charge on any atom is -0.493 e. The molecule has 0 aliphatic rings. The van der Waals surface area contributed by atoms with Crippen LogP contribution in [-0.4, -0.2) is 20.4 Å². The molecule has 15 heavy (non-hydrogen) atoms. The van der Waals surface area contributed by atoms with Gasteiger partial charge in [-0.25, -0.2) is 0 Å². The van der Waals surface area contributed by atoms with Crippen molar-refractivity contribution in [1.82, 2.24) is 9.55 Å². The number of nitrogens with zero attached hydrogens (tertiary/aromatic N) is 2. The number of aromatic hydroxyl groups is 1. The summed E-state index contributed by atoms with van der Waals surface area (Å²) < 4.78 is 1.57. The molecule has 0 spiro atoms. The van der Waals surface area contributed by atoms with Crippen molar-refractivity contribution in [1.29, 1.82) is 0 Å². The summed E-state index contributed by atoms with van der Waals surface area (Å²) in [7, 11) is 0. The Labute approximate surface area is 93.3 Å². The molecule has 5 heteroatoms. The SMILES string of the molecule is CCCCSc1nc(O)cc(=O)n1CC. The van der Waals surface area contributed by atoms with Crippen LogP contribution in [0.2, 0.25) is 0 Å². The van der Waals surface area contributed by atoms with Crippen molar-refractivity contribution >= 4 is 11.8 Å². The highest BCUT2D eigenvalue weighted by atomic mass is 32.2. The molecule has 0 radical (unpaired) electrons. The summed E-state index contributed by atoms with van der Waals surface area (Å²) in [5.74, 6) is 0.732. The maximum atomic E-state index is 11.5. The van der Waals surface area contributed by atoms with E-state index < -0.39 is 0 Å². The fourth-order valence-corrected chi connectivity index (χ4v) is 2.33. The summed E-state index contributed by atoms with van der Waals surface area (Å²) in [6.07, 6.45) is 2.20. The number of aromatic nitrogens is 2. The minimum absolute atomic E-state index is 0.191. The van der Waals surface area contributed by atoms with Crippen LogP contribution in [0.25, 0.3) is 0 Å². The first kappa shape index (κ1) is 12.1. The van der Waals surface area contributed by atoms with Gasteiger partial charge in [0.1, 0.15) is 0 Å². The van der Waals surface area contributed by atoms with Gasteiger partial charge in [0.15, 0.2) is 5.16 Å². The Bertz CT molecular complexity index is 376. The fourth-order valence-electron chi connectivity index (χ4n) is 1.18. The fraction of sp³-hybridized carbons (Fsp3) is 0.600. The van der Waals surface area contributed by atoms with Crippen LogP contribution in [0.4, 0.5) is 0 Å². The van der Waals surface area contributed by atoms with Gasteiger partial charge in [-0.05, 0) is 13.3 Å². The predicted octanol–water partition coefficient (Wildman–Crippen LogP) is 1.86. The molecule has 1 aromatic heterocycles. The average Bonchev–Trinajstić information content (AvgIpc) is 2.17. The van der Waals surface area contributed by atoms with E-state index in [9.17, 15) is 9.90 Å². The third kappa shape index (κ3) is 3.27. The van der Waals surface area contributed by atoms with Gasteiger partial charge in [-0.3, -0.25) is 9.36 Å². The molecule has 1 rings (SSSR count). The van der Waals surface area contributed by atoms with Gasteiger partial charge < -0.3 is 5.11 Å². The average molecular weight is 228 g/mol. The van der Waals surface area contributed by atoms with E-state index in [0.717, 1.165) is 24.7 Å². The van der Waals surface area contributed by atoms with Crippen LogP contribution in [-0.2, 0) is 6.54 Å². The molecule has 84 valence electrons. The maximum Gasteiger partial charge on any atom is 0.257 e. The summed E-state index contributed by atoms with van der Waals surface area (Å²) in [5, 5.41) is 9.84. The predicted molar refractivity (Wildman–Crippen MR) is 61.5 cm³/mol. The lowest BCUT2D eigenvalue weighted by molar-refractivity contribution is 0.434. The van der Waals surface area contributed by atoms with E-state index in [1.54, 1.807) is 4.57 Å². The van der Waals surface area contributed by atoms with Gasteiger partial charge in [-0.2, -0.15) is 4.98 Å². The molecule has 0 fully saturated rings. The number of unbranched alkanes of at least 4 members (excludes halogenated alkanes) is 1. The van der Waals surface area contributed by atoms with E-state index in [1.165, 1.54) is 11.8 Å². The Morgan fingerprint density at radius 1 is 1.53 bits per heavy atom. The highest BCUT2D eigenvalue weighted by Gasteiger charge is 2.06. The minimum atomic E-state index is -0.191. The Morgan fingerprint density at radius 2 is 2.27 bits per heavy atom. The molecule has 0 bridgehead atoms. The highest BCUT2D eigenvalue weighted by molar-refractivity contribution is 7.99. The quantitative estimate of drug-likeness (QED) is 0.475. The van der Waals surface area contributed by atoms with E-state index in [-0.39, 0.29) is 11.4 Å². The molecule has 0 unspecified atom stereocenters. The van der Waals surface area contributed by atoms with E-state index in [1.807, 2.05) is 6.92 Å². The smallest absolute Gasteiger partial charge is 0.257 e. The first-order valence-corrected chi connectivity index (χ1v) is 6.11. The topological polar surface area (TPSA) is 55.1 Å². The summed E-state index contributed by atoms with van der Waals surface area (Å²) in [5.41, 5.74) is -0.191.